The van der Waals surface area contributed by atoms with Gasteiger partial charge in [0.05, 0.1) is 16.8 Å². The molecule has 132 valence electrons. The predicted molar refractivity (Wildman–Crippen MR) is 99.4 cm³/mol. The first kappa shape index (κ1) is 15.4. The quantitative estimate of drug-likeness (QED) is 0.448. The number of aromatic amines is 1. The molecule has 3 heterocycles. The molecule has 5 rings (SSSR count). The number of nitrogens with two attached hydrogens (primary N) is 1. The number of nitrogens with one attached hydrogen (secondary N) is 1. The number of hydrogen-bond acceptors (Lipinski definition) is 7. The summed E-state index contributed by atoms with van der Waals surface area (Å²) < 4.78 is 1.44. The van der Waals surface area contributed by atoms with E-state index in [2.05, 4.69) is 30.5 Å². The second kappa shape index (κ2) is 5.85. The van der Waals surface area contributed by atoms with Crippen molar-refractivity contribution in [3.63, 3.8) is 0 Å². The number of hydrogen-bond donors (Lipinski definition) is 3. The van der Waals surface area contributed by atoms with Crippen molar-refractivity contribution in [2.24, 2.45) is 0 Å². The van der Waals surface area contributed by atoms with Crippen LogP contribution in [0.2, 0.25) is 0 Å². The van der Waals surface area contributed by atoms with Crippen LogP contribution in [0.4, 0.5) is 5.95 Å². The summed E-state index contributed by atoms with van der Waals surface area (Å²) in [5.74, 6) is 0.472. The van der Waals surface area contributed by atoms with Gasteiger partial charge in [-0.05, 0) is 17.7 Å². The summed E-state index contributed by atoms with van der Waals surface area (Å²) in [7, 11) is 0. The molecule has 3 aromatic heterocycles. The van der Waals surface area contributed by atoms with Gasteiger partial charge in [0.25, 0.3) is 0 Å². The Balaban J connectivity index is 1.89. The van der Waals surface area contributed by atoms with Crippen LogP contribution in [0, 0.1) is 0 Å². The Morgan fingerprint density at radius 3 is 2.70 bits per heavy atom. The number of nitrogens with zero attached hydrogens (tertiary/aromatic N) is 6. The van der Waals surface area contributed by atoms with E-state index < -0.39 is 0 Å². The number of aromatic nitrogens is 7. The van der Waals surface area contributed by atoms with Crippen LogP contribution >= 0.6 is 0 Å². The van der Waals surface area contributed by atoms with Crippen LogP contribution in [0.25, 0.3) is 39.1 Å². The molecule has 0 amide bonds. The smallest absolute Gasteiger partial charge is 0.223 e. The van der Waals surface area contributed by atoms with Gasteiger partial charge in [0, 0.05) is 5.56 Å². The standard InChI is InChI=1S/C18H14N8O/c19-18-21-16(10-4-2-1-3-5-10)15(17-20-14(9-27)24-26(17)18)11-6-7-12-13(8-11)23-25-22-12/h1-8,27H,9H2,(H2,19,21)(H,22,23,25). The molecule has 0 saturated carbocycles. The fourth-order valence-corrected chi connectivity index (χ4v) is 3.13. The van der Waals surface area contributed by atoms with Crippen molar-refractivity contribution >= 4 is 22.6 Å². The highest BCUT2D eigenvalue weighted by atomic mass is 16.3. The van der Waals surface area contributed by atoms with Crippen LogP contribution in [0.15, 0.2) is 48.5 Å². The molecule has 9 heteroatoms. The molecule has 0 bridgehead atoms. The maximum absolute atomic E-state index is 9.47. The summed E-state index contributed by atoms with van der Waals surface area (Å²) in [6.45, 7) is -0.288. The summed E-state index contributed by atoms with van der Waals surface area (Å²) in [5.41, 5.74) is 11.4. The molecule has 0 radical (unpaired) electrons. The van der Waals surface area contributed by atoms with Gasteiger partial charge in [-0.3, -0.25) is 5.10 Å². The first-order valence-electron chi connectivity index (χ1n) is 8.27. The van der Waals surface area contributed by atoms with Crippen LogP contribution in [0.3, 0.4) is 0 Å². The van der Waals surface area contributed by atoms with E-state index >= 15 is 0 Å². The van der Waals surface area contributed by atoms with E-state index in [1.54, 1.807) is 0 Å². The van der Waals surface area contributed by atoms with Crippen molar-refractivity contribution < 1.29 is 5.11 Å². The number of benzene rings is 2. The molecule has 0 spiro atoms. The van der Waals surface area contributed by atoms with Crippen LogP contribution in [-0.4, -0.2) is 40.1 Å². The van der Waals surface area contributed by atoms with Crippen molar-refractivity contribution in [2.45, 2.75) is 6.61 Å². The zero-order chi connectivity index (χ0) is 18.4. The predicted octanol–water partition coefficient (Wildman–Crippen LogP) is 1.80. The lowest BCUT2D eigenvalue weighted by atomic mass is 9.99. The van der Waals surface area contributed by atoms with Gasteiger partial charge in [-0.15, -0.1) is 10.2 Å². The van der Waals surface area contributed by atoms with E-state index in [9.17, 15) is 5.11 Å². The van der Waals surface area contributed by atoms with Gasteiger partial charge in [-0.2, -0.15) is 4.52 Å². The summed E-state index contributed by atoms with van der Waals surface area (Å²) in [6, 6.07) is 15.5. The van der Waals surface area contributed by atoms with Gasteiger partial charge in [0.2, 0.25) is 5.95 Å². The van der Waals surface area contributed by atoms with Gasteiger partial charge >= 0.3 is 0 Å². The Labute approximate surface area is 152 Å². The lowest BCUT2D eigenvalue weighted by Crippen LogP contribution is -2.06. The minimum absolute atomic E-state index is 0.197. The molecule has 0 aliphatic carbocycles. The Kier molecular flexibility index (Phi) is 3.34. The number of H-pyrrole nitrogens is 1. The highest BCUT2D eigenvalue weighted by molar-refractivity contribution is 5.93. The average Bonchev–Trinajstić information content (AvgIpc) is 3.35. The molecule has 5 aromatic rings. The summed E-state index contributed by atoms with van der Waals surface area (Å²) in [4.78, 5) is 9.04. The number of anilines is 1. The Hall–Kier alpha value is -3.85. The van der Waals surface area contributed by atoms with Crippen molar-refractivity contribution in [3.8, 4) is 22.4 Å². The maximum Gasteiger partial charge on any atom is 0.223 e. The third-order valence-corrected chi connectivity index (χ3v) is 4.36. The number of nitrogen functional groups attached to an aromatic ring is 1. The topological polar surface area (TPSA) is 131 Å². The molecule has 0 saturated heterocycles. The van der Waals surface area contributed by atoms with Crippen molar-refractivity contribution in [1.29, 1.82) is 0 Å². The van der Waals surface area contributed by atoms with Gasteiger partial charge in [-0.25, -0.2) is 9.97 Å². The fraction of sp³-hybridized carbons (Fsp3) is 0.0556. The molecule has 4 N–H and O–H groups in total. The molecular formula is C18H14N8O. The van der Waals surface area contributed by atoms with Gasteiger partial charge < -0.3 is 10.8 Å². The highest BCUT2D eigenvalue weighted by Gasteiger charge is 2.20. The third kappa shape index (κ3) is 2.41. The van der Waals surface area contributed by atoms with Crippen LogP contribution in [0.5, 0.6) is 0 Å². The minimum Gasteiger partial charge on any atom is -0.388 e. The first-order chi connectivity index (χ1) is 13.2. The van der Waals surface area contributed by atoms with Crippen molar-refractivity contribution in [2.75, 3.05) is 5.73 Å². The zero-order valence-electron chi connectivity index (χ0n) is 14.0. The molecule has 9 nitrogen and oxygen atoms in total. The average molecular weight is 358 g/mol. The fourth-order valence-electron chi connectivity index (χ4n) is 3.13. The summed E-state index contributed by atoms with van der Waals surface area (Å²) >= 11 is 0. The second-order valence-corrected chi connectivity index (χ2v) is 6.02. The van der Waals surface area contributed by atoms with E-state index in [1.807, 2.05) is 48.5 Å². The molecule has 0 unspecified atom stereocenters. The molecule has 0 fully saturated rings. The van der Waals surface area contributed by atoms with Gasteiger partial charge in [-0.1, -0.05) is 41.6 Å². The van der Waals surface area contributed by atoms with E-state index in [4.69, 9.17) is 5.73 Å². The third-order valence-electron chi connectivity index (χ3n) is 4.36. The molecular weight excluding hydrogens is 344 g/mol. The largest absolute Gasteiger partial charge is 0.388 e. The monoisotopic (exact) mass is 358 g/mol. The summed E-state index contributed by atoms with van der Waals surface area (Å²) in [5, 5.41) is 24.5. The lowest BCUT2D eigenvalue weighted by molar-refractivity contribution is 0.271. The lowest BCUT2D eigenvalue weighted by Gasteiger charge is -2.12. The molecule has 0 atom stereocenters. The molecule has 0 aliphatic heterocycles. The Morgan fingerprint density at radius 1 is 1.04 bits per heavy atom. The van der Waals surface area contributed by atoms with Crippen LogP contribution in [0.1, 0.15) is 5.82 Å². The first-order valence-corrected chi connectivity index (χ1v) is 8.27. The molecule has 2 aromatic carbocycles. The van der Waals surface area contributed by atoms with E-state index in [-0.39, 0.29) is 18.4 Å². The van der Waals surface area contributed by atoms with Crippen LogP contribution < -0.4 is 5.73 Å². The maximum atomic E-state index is 9.47. The normalized spacial score (nSPS) is 11.4. The Morgan fingerprint density at radius 2 is 1.89 bits per heavy atom. The number of rotatable bonds is 3. The SMILES string of the molecule is Nc1nc(-c2ccccc2)c(-c2ccc3[nH]nnc3c2)c2nc(CO)nn12. The van der Waals surface area contributed by atoms with E-state index in [0.29, 0.717) is 11.3 Å². The van der Waals surface area contributed by atoms with Crippen LogP contribution in [-0.2, 0) is 6.61 Å². The van der Waals surface area contributed by atoms with Crippen molar-refractivity contribution in [1.82, 2.24) is 35.0 Å². The second-order valence-electron chi connectivity index (χ2n) is 6.02. The van der Waals surface area contributed by atoms with Gasteiger partial charge in [0.15, 0.2) is 11.5 Å². The molecule has 0 aliphatic rings. The molecule has 27 heavy (non-hydrogen) atoms. The number of aliphatic hydroxyl groups is 1. The highest BCUT2D eigenvalue weighted by Crippen LogP contribution is 2.35. The number of aliphatic hydroxyl groups excluding tert-OH is 1. The number of fused-ring (bicyclic) bond motifs is 2. The Bertz CT molecular complexity index is 1280. The summed E-state index contributed by atoms with van der Waals surface area (Å²) in [6.07, 6.45) is 0. The van der Waals surface area contributed by atoms with E-state index in [0.717, 1.165) is 27.7 Å². The van der Waals surface area contributed by atoms with Crippen molar-refractivity contribution in [3.05, 3.63) is 54.4 Å². The van der Waals surface area contributed by atoms with Gasteiger partial charge in [0.1, 0.15) is 12.1 Å². The minimum atomic E-state index is -0.288. The van der Waals surface area contributed by atoms with E-state index in [1.165, 1.54) is 4.52 Å². The zero-order valence-corrected chi connectivity index (χ0v) is 14.0.